The quantitative estimate of drug-likeness (QED) is 0.607. The van der Waals surface area contributed by atoms with Gasteiger partial charge in [0, 0.05) is 12.0 Å². The summed E-state index contributed by atoms with van der Waals surface area (Å²) in [5, 5.41) is 0. The van der Waals surface area contributed by atoms with Crippen molar-refractivity contribution in [3.8, 4) is 0 Å². The molecule has 0 saturated carbocycles. The van der Waals surface area contributed by atoms with Crippen LogP contribution in [-0.4, -0.2) is 11.9 Å². The van der Waals surface area contributed by atoms with E-state index in [0.717, 1.165) is 19.3 Å². The van der Waals surface area contributed by atoms with E-state index < -0.39 is 5.91 Å². The summed E-state index contributed by atoms with van der Waals surface area (Å²) in [7, 11) is 0. The van der Waals surface area contributed by atoms with E-state index in [1.54, 1.807) is 24.3 Å². The number of hydroxylamine groups is 1. The summed E-state index contributed by atoms with van der Waals surface area (Å²) in [4.78, 5) is 27.7. The zero-order chi connectivity index (χ0) is 13.9. The fourth-order valence-electron chi connectivity index (χ4n) is 1.68. The molecule has 0 aliphatic carbocycles. The maximum atomic E-state index is 11.6. The van der Waals surface area contributed by atoms with E-state index in [0.29, 0.717) is 12.0 Å². The van der Waals surface area contributed by atoms with Crippen molar-refractivity contribution in [3.05, 3.63) is 35.9 Å². The second kappa shape index (κ2) is 9.14. The third kappa shape index (κ3) is 6.60. The first-order valence-electron chi connectivity index (χ1n) is 6.79. The van der Waals surface area contributed by atoms with Gasteiger partial charge in [-0.25, -0.2) is 4.79 Å². The Morgan fingerprint density at radius 3 is 2.42 bits per heavy atom. The van der Waals surface area contributed by atoms with Crippen molar-refractivity contribution in [2.45, 2.75) is 45.4 Å². The molecule has 1 N–H and O–H groups in total. The minimum Gasteiger partial charge on any atom is -0.341 e. The Kier molecular flexibility index (Phi) is 7.32. The lowest BCUT2D eigenvalue weighted by Gasteiger charge is -2.05. The van der Waals surface area contributed by atoms with Crippen LogP contribution in [0.5, 0.6) is 0 Å². The third-order valence-corrected chi connectivity index (χ3v) is 2.78. The molecule has 1 aromatic carbocycles. The molecule has 0 aliphatic heterocycles. The first-order chi connectivity index (χ1) is 9.24. The maximum absolute atomic E-state index is 11.6. The molecule has 0 unspecified atom stereocenters. The van der Waals surface area contributed by atoms with Crippen LogP contribution in [0.4, 0.5) is 0 Å². The number of hydrogen-bond donors (Lipinski definition) is 1. The molecule has 19 heavy (non-hydrogen) atoms. The van der Waals surface area contributed by atoms with E-state index in [9.17, 15) is 9.59 Å². The van der Waals surface area contributed by atoms with Crippen molar-refractivity contribution in [2.24, 2.45) is 0 Å². The lowest BCUT2D eigenvalue weighted by Crippen LogP contribution is -2.26. The van der Waals surface area contributed by atoms with Crippen LogP contribution in [0.2, 0.25) is 0 Å². The van der Waals surface area contributed by atoms with Crippen LogP contribution in [0.3, 0.4) is 0 Å². The number of carbonyl (C=O) groups excluding carboxylic acids is 2. The fraction of sp³-hybridized carbons (Fsp3) is 0.467. The number of carbonyl (C=O) groups is 2. The van der Waals surface area contributed by atoms with E-state index in [-0.39, 0.29) is 5.97 Å². The van der Waals surface area contributed by atoms with Gasteiger partial charge in [-0.05, 0) is 18.6 Å². The summed E-state index contributed by atoms with van der Waals surface area (Å²) < 4.78 is 0. The summed E-state index contributed by atoms with van der Waals surface area (Å²) in [6.45, 7) is 2.15. The lowest BCUT2D eigenvalue weighted by molar-refractivity contribution is -0.149. The van der Waals surface area contributed by atoms with Crippen LogP contribution in [0.15, 0.2) is 30.3 Å². The summed E-state index contributed by atoms with van der Waals surface area (Å²) in [6.07, 6.45) is 5.69. The van der Waals surface area contributed by atoms with Crippen molar-refractivity contribution < 1.29 is 14.4 Å². The van der Waals surface area contributed by atoms with Crippen LogP contribution < -0.4 is 5.48 Å². The Bertz CT molecular complexity index is 390. The highest BCUT2D eigenvalue weighted by Gasteiger charge is 2.08. The van der Waals surface area contributed by atoms with Crippen LogP contribution in [0.1, 0.15) is 55.8 Å². The predicted octanol–water partition coefficient (Wildman–Crippen LogP) is 3.24. The van der Waals surface area contributed by atoms with Crippen LogP contribution >= 0.6 is 0 Å². The molecule has 104 valence electrons. The maximum Gasteiger partial charge on any atom is 0.332 e. The lowest BCUT2D eigenvalue weighted by atomic mass is 10.1. The second-order valence-electron chi connectivity index (χ2n) is 4.44. The SMILES string of the molecule is CCCCCCCC(=O)ONC(=O)c1ccccc1. The van der Waals surface area contributed by atoms with Gasteiger partial charge >= 0.3 is 5.97 Å². The largest absolute Gasteiger partial charge is 0.341 e. The molecule has 0 fully saturated rings. The number of nitrogens with one attached hydrogen (secondary N) is 1. The second-order valence-corrected chi connectivity index (χ2v) is 4.44. The van der Waals surface area contributed by atoms with Gasteiger partial charge in [-0.2, -0.15) is 5.48 Å². The number of benzene rings is 1. The van der Waals surface area contributed by atoms with Gasteiger partial charge < -0.3 is 4.84 Å². The van der Waals surface area contributed by atoms with Gasteiger partial charge in [0.1, 0.15) is 0 Å². The van der Waals surface area contributed by atoms with Gasteiger partial charge in [0.05, 0.1) is 0 Å². The molecule has 0 atom stereocenters. The van der Waals surface area contributed by atoms with Crippen LogP contribution in [0, 0.1) is 0 Å². The molecule has 4 heteroatoms. The summed E-state index contributed by atoms with van der Waals surface area (Å²) in [6, 6.07) is 8.65. The van der Waals surface area contributed by atoms with Gasteiger partial charge in [0.15, 0.2) is 0 Å². The smallest absolute Gasteiger partial charge is 0.332 e. The first kappa shape index (κ1) is 15.2. The fourth-order valence-corrected chi connectivity index (χ4v) is 1.68. The van der Waals surface area contributed by atoms with Gasteiger partial charge in [-0.3, -0.25) is 4.79 Å². The highest BCUT2D eigenvalue weighted by atomic mass is 16.7. The number of amides is 1. The van der Waals surface area contributed by atoms with Crippen molar-refractivity contribution in [3.63, 3.8) is 0 Å². The minimum atomic E-state index is -0.403. The van der Waals surface area contributed by atoms with Crippen molar-refractivity contribution >= 4 is 11.9 Å². The Hall–Kier alpha value is -1.84. The molecule has 0 radical (unpaired) electrons. The topological polar surface area (TPSA) is 55.4 Å². The molecule has 4 nitrogen and oxygen atoms in total. The number of hydrogen-bond acceptors (Lipinski definition) is 3. The zero-order valence-corrected chi connectivity index (χ0v) is 11.4. The minimum absolute atomic E-state index is 0.346. The van der Waals surface area contributed by atoms with Gasteiger partial charge in [0.2, 0.25) is 0 Å². The molecule has 1 rings (SSSR count). The summed E-state index contributed by atoms with van der Waals surface area (Å²) in [5.74, 6) is -0.791. The molecule has 1 aromatic rings. The van der Waals surface area contributed by atoms with E-state index >= 15 is 0 Å². The van der Waals surface area contributed by atoms with E-state index in [4.69, 9.17) is 4.84 Å². The molecule has 0 saturated heterocycles. The first-order valence-corrected chi connectivity index (χ1v) is 6.79. The molecular formula is C15H21NO3. The van der Waals surface area contributed by atoms with Crippen LogP contribution in [0.25, 0.3) is 0 Å². The van der Waals surface area contributed by atoms with E-state index in [1.165, 1.54) is 12.8 Å². The Labute approximate surface area is 114 Å². The highest BCUT2D eigenvalue weighted by molar-refractivity contribution is 5.94. The molecule has 0 aliphatic rings. The standard InChI is InChI=1S/C15H21NO3/c1-2-3-4-5-9-12-14(17)19-16-15(18)13-10-7-6-8-11-13/h6-8,10-11H,2-5,9,12H2,1H3,(H,16,18). The molecule has 0 spiro atoms. The predicted molar refractivity (Wildman–Crippen MR) is 73.4 cm³/mol. The Balaban J connectivity index is 2.15. The highest BCUT2D eigenvalue weighted by Crippen LogP contribution is 2.05. The average Bonchev–Trinajstić information content (AvgIpc) is 2.45. The number of rotatable bonds is 7. The molecule has 1 amide bonds. The summed E-state index contributed by atoms with van der Waals surface area (Å²) in [5.41, 5.74) is 2.63. The average molecular weight is 263 g/mol. The zero-order valence-electron chi connectivity index (χ0n) is 11.4. The van der Waals surface area contributed by atoms with Gasteiger partial charge in [-0.1, -0.05) is 50.8 Å². The molecule has 0 bridgehead atoms. The molecule has 0 heterocycles. The molecule has 0 aromatic heterocycles. The van der Waals surface area contributed by atoms with Crippen molar-refractivity contribution in [1.29, 1.82) is 0 Å². The normalized spacial score (nSPS) is 9.95. The summed E-state index contributed by atoms with van der Waals surface area (Å²) >= 11 is 0. The van der Waals surface area contributed by atoms with E-state index in [1.807, 2.05) is 6.07 Å². The van der Waals surface area contributed by atoms with E-state index in [2.05, 4.69) is 12.4 Å². The van der Waals surface area contributed by atoms with Gasteiger partial charge in [-0.15, -0.1) is 0 Å². The third-order valence-electron chi connectivity index (χ3n) is 2.78. The molecular weight excluding hydrogens is 242 g/mol. The monoisotopic (exact) mass is 263 g/mol. The van der Waals surface area contributed by atoms with Crippen LogP contribution in [-0.2, 0) is 9.63 Å². The number of unbranched alkanes of at least 4 members (excludes halogenated alkanes) is 4. The Morgan fingerprint density at radius 1 is 1.05 bits per heavy atom. The van der Waals surface area contributed by atoms with Crippen molar-refractivity contribution in [1.82, 2.24) is 5.48 Å². The van der Waals surface area contributed by atoms with Crippen molar-refractivity contribution in [2.75, 3.05) is 0 Å². The van der Waals surface area contributed by atoms with Gasteiger partial charge in [0.25, 0.3) is 5.91 Å². The Morgan fingerprint density at radius 2 is 1.74 bits per heavy atom.